The number of halogens is 4. The lowest BCUT2D eigenvalue weighted by Crippen LogP contribution is -2.25. The second kappa shape index (κ2) is 4.96. The molecule has 1 aromatic carbocycles. The lowest BCUT2D eigenvalue weighted by Gasteiger charge is -2.12. The Hall–Kier alpha value is 0.420. The van der Waals surface area contributed by atoms with Crippen LogP contribution in [0.15, 0.2) is 24.3 Å². The first-order valence-electron chi connectivity index (χ1n) is 3.53. The van der Waals surface area contributed by atoms with Crippen LogP contribution >= 0.6 is 59.4 Å². The summed E-state index contributed by atoms with van der Waals surface area (Å²) in [5, 5.41) is 3.23. The van der Waals surface area contributed by atoms with Crippen molar-refractivity contribution in [2.45, 2.75) is 2.14 Å². The second-order valence-corrected chi connectivity index (χ2v) is 9.66. The van der Waals surface area contributed by atoms with Crippen molar-refractivity contribution in [3.63, 3.8) is 0 Å². The van der Waals surface area contributed by atoms with E-state index in [9.17, 15) is 4.79 Å². The summed E-state index contributed by atoms with van der Waals surface area (Å²) >= 11 is 15.1. The largest absolute Gasteiger partial charge is 0.323 e. The van der Waals surface area contributed by atoms with Crippen LogP contribution in [0.4, 0.5) is 5.69 Å². The summed E-state index contributed by atoms with van der Waals surface area (Å²) in [7, 11) is 0. The van der Waals surface area contributed by atoms with Gasteiger partial charge >= 0.3 is 0 Å². The molecule has 1 amide bonds. The number of carbonyl (C=O) groups excluding carboxylic acids is 1. The van der Waals surface area contributed by atoms with Crippen molar-refractivity contribution >= 4 is 71.0 Å². The predicted molar refractivity (Wildman–Crippen MR) is 69.6 cm³/mol. The van der Waals surface area contributed by atoms with Gasteiger partial charge in [-0.3, -0.25) is 4.79 Å². The maximum Gasteiger partial charge on any atom is 0.263 e. The molecule has 6 heteroatoms. The van der Waals surface area contributed by atoms with Gasteiger partial charge in [-0.25, -0.2) is 0 Å². The zero-order chi connectivity index (χ0) is 10.8. The Kier molecular flexibility index (Phi) is 4.43. The number of nitrogens with one attached hydrogen (secondary N) is 1. The monoisotopic (exact) mass is 403 g/mol. The number of carbonyl (C=O) groups is 1. The van der Waals surface area contributed by atoms with E-state index in [1.165, 1.54) is 0 Å². The maximum atomic E-state index is 11.5. The van der Waals surface area contributed by atoms with E-state index in [0.717, 1.165) is 0 Å². The van der Waals surface area contributed by atoms with Gasteiger partial charge in [0.1, 0.15) is 0 Å². The molecule has 0 radical (unpaired) electrons. The van der Waals surface area contributed by atoms with Gasteiger partial charge in [0.15, 0.2) is 0 Å². The number of amides is 1. The quantitative estimate of drug-likeness (QED) is 0.699. The van der Waals surface area contributed by atoms with Gasteiger partial charge in [0.05, 0.1) is 0 Å². The van der Waals surface area contributed by atoms with Gasteiger partial charge in [0.2, 0.25) is 2.14 Å². The van der Waals surface area contributed by atoms with Gasteiger partial charge in [0, 0.05) is 10.7 Å². The minimum atomic E-state index is -0.949. The highest BCUT2D eigenvalue weighted by Crippen LogP contribution is 2.34. The zero-order valence-electron chi connectivity index (χ0n) is 6.73. The third-order valence-corrected chi connectivity index (χ3v) is 2.66. The maximum absolute atomic E-state index is 11.5. The molecule has 0 saturated carbocycles. The normalized spacial score (nSPS) is 11.1. The Morgan fingerprint density at radius 1 is 1.36 bits per heavy atom. The first kappa shape index (κ1) is 12.5. The molecule has 0 aliphatic carbocycles. The van der Waals surface area contributed by atoms with Gasteiger partial charge in [-0.2, -0.15) is 0 Å². The van der Waals surface area contributed by atoms with E-state index < -0.39 is 2.14 Å². The number of hydrogen-bond acceptors (Lipinski definition) is 1. The zero-order valence-corrected chi connectivity index (χ0v) is 12.2. The fourth-order valence-electron chi connectivity index (χ4n) is 0.768. The molecule has 0 aliphatic rings. The number of hydrogen-bond donors (Lipinski definition) is 1. The highest BCUT2D eigenvalue weighted by atomic mass is 80.0. The molecule has 2 nitrogen and oxygen atoms in total. The summed E-state index contributed by atoms with van der Waals surface area (Å²) in [6, 6.07) is 6.91. The highest BCUT2D eigenvalue weighted by Gasteiger charge is 2.28. The Bertz CT molecular complexity index is 351. The first-order chi connectivity index (χ1) is 6.39. The number of anilines is 1. The molecule has 0 aromatic heterocycles. The van der Waals surface area contributed by atoms with E-state index in [1.807, 2.05) is 0 Å². The van der Waals surface area contributed by atoms with Crippen molar-refractivity contribution in [3.8, 4) is 0 Å². The summed E-state index contributed by atoms with van der Waals surface area (Å²) in [6.45, 7) is 0. The fraction of sp³-hybridized carbons (Fsp3) is 0.125. The average molecular weight is 406 g/mol. The summed E-state index contributed by atoms with van der Waals surface area (Å²) in [4.78, 5) is 11.5. The van der Waals surface area contributed by atoms with Gasteiger partial charge in [-0.15, -0.1) is 0 Å². The van der Waals surface area contributed by atoms with Crippen LogP contribution in [0.25, 0.3) is 0 Å². The van der Waals surface area contributed by atoms with E-state index in [0.29, 0.717) is 10.7 Å². The van der Waals surface area contributed by atoms with E-state index in [-0.39, 0.29) is 5.91 Å². The van der Waals surface area contributed by atoms with Crippen molar-refractivity contribution in [2.75, 3.05) is 5.32 Å². The smallest absolute Gasteiger partial charge is 0.263 e. The van der Waals surface area contributed by atoms with Gasteiger partial charge in [-0.05, 0) is 66.0 Å². The van der Waals surface area contributed by atoms with E-state index in [4.69, 9.17) is 11.6 Å². The third kappa shape index (κ3) is 3.88. The molecule has 1 rings (SSSR count). The molecule has 14 heavy (non-hydrogen) atoms. The first-order valence-corrected chi connectivity index (χ1v) is 6.29. The molecule has 0 aliphatic heterocycles. The molecular formula is C8H5Br3ClNO. The van der Waals surface area contributed by atoms with E-state index >= 15 is 0 Å². The van der Waals surface area contributed by atoms with Crippen LogP contribution in [0.1, 0.15) is 0 Å². The molecular weight excluding hydrogens is 401 g/mol. The Labute approximate surface area is 112 Å². The minimum Gasteiger partial charge on any atom is -0.323 e. The van der Waals surface area contributed by atoms with E-state index in [2.05, 4.69) is 53.1 Å². The molecule has 0 bridgehead atoms. The lowest BCUT2D eigenvalue weighted by atomic mass is 10.3. The molecule has 0 saturated heterocycles. The predicted octanol–water partition coefficient (Wildman–Crippen LogP) is 4.12. The Morgan fingerprint density at radius 2 is 2.00 bits per heavy atom. The fourth-order valence-corrected chi connectivity index (χ4v) is 1.26. The molecule has 0 heterocycles. The van der Waals surface area contributed by atoms with Crippen LogP contribution in [-0.4, -0.2) is 8.05 Å². The summed E-state index contributed by atoms with van der Waals surface area (Å²) in [6.07, 6.45) is 0. The molecule has 0 atom stereocenters. The Balaban J connectivity index is 2.75. The van der Waals surface area contributed by atoms with Gasteiger partial charge in [-0.1, -0.05) is 17.7 Å². The second-order valence-electron chi connectivity index (χ2n) is 2.46. The van der Waals surface area contributed by atoms with Gasteiger partial charge in [0.25, 0.3) is 5.91 Å². The third-order valence-electron chi connectivity index (χ3n) is 1.34. The minimum absolute atomic E-state index is 0.264. The summed E-state index contributed by atoms with van der Waals surface area (Å²) < 4.78 is -0.949. The number of benzene rings is 1. The molecule has 0 spiro atoms. The average Bonchev–Trinajstić information content (AvgIpc) is 2.02. The van der Waals surface area contributed by atoms with Crippen molar-refractivity contribution in [2.24, 2.45) is 0 Å². The lowest BCUT2D eigenvalue weighted by molar-refractivity contribution is -0.114. The van der Waals surface area contributed by atoms with Crippen LogP contribution in [0.2, 0.25) is 5.02 Å². The standard InChI is InChI=1S/C8H5Br3ClNO/c9-8(10,11)7(14)13-6-3-1-2-5(12)4-6/h1-4H,(H,13,14). The van der Waals surface area contributed by atoms with Crippen molar-refractivity contribution in [3.05, 3.63) is 29.3 Å². The molecule has 1 aromatic rings. The molecule has 1 N–H and O–H groups in total. The van der Waals surface area contributed by atoms with Crippen LogP contribution < -0.4 is 5.32 Å². The van der Waals surface area contributed by atoms with Crippen molar-refractivity contribution in [1.82, 2.24) is 0 Å². The summed E-state index contributed by atoms with van der Waals surface area (Å²) in [5.74, 6) is -0.264. The Morgan fingerprint density at radius 3 is 2.50 bits per heavy atom. The van der Waals surface area contributed by atoms with Gasteiger partial charge < -0.3 is 5.32 Å². The summed E-state index contributed by atoms with van der Waals surface area (Å²) in [5.41, 5.74) is 0.644. The van der Waals surface area contributed by atoms with Crippen molar-refractivity contribution in [1.29, 1.82) is 0 Å². The highest BCUT2D eigenvalue weighted by molar-refractivity contribution is 9.40. The number of rotatable bonds is 1. The van der Waals surface area contributed by atoms with Crippen molar-refractivity contribution < 1.29 is 4.79 Å². The van der Waals surface area contributed by atoms with Crippen LogP contribution in [0, 0.1) is 0 Å². The topological polar surface area (TPSA) is 29.1 Å². The molecule has 0 fully saturated rings. The SMILES string of the molecule is O=C(Nc1cccc(Cl)c1)C(Br)(Br)Br. The van der Waals surface area contributed by atoms with Crippen LogP contribution in [-0.2, 0) is 4.79 Å². The van der Waals surface area contributed by atoms with E-state index in [1.54, 1.807) is 24.3 Å². The molecule has 76 valence electrons. The molecule has 0 unspecified atom stereocenters. The van der Waals surface area contributed by atoms with Crippen LogP contribution in [0.3, 0.4) is 0 Å². The van der Waals surface area contributed by atoms with Crippen LogP contribution in [0.5, 0.6) is 0 Å². The number of alkyl halides is 3.